The maximum atomic E-state index is 11.4. The molecule has 2 unspecified atom stereocenters. The maximum Gasteiger partial charge on any atom is 0.156 e. The van der Waals surface area contributed by atoms with Crippen molar-refractivity contribution in [3.05, 3.63) is 29.3 Å². The first-order valence-electron chi connectivity index (χ1n) is 5.67. The number of aliphatic hydroxyl groups is 2. The van der Waals surface area contributed by atoms with Gasteiger partial charge in [0.2, 0.25) is 0 Å². The van der Waals surface area contributed by atoms with E-state index in [1.807, 2.05) is 13.0 Å². The van der Waals surface area contributed by atoms with Gasteiger partial charge in [-0.2, -0.15) is 0 Å². The summed E-state index contributed by atoms with van der Waals surface area (Å²) >= 11 is 0. The van der Waals surface area contributed by atoms with Gasteiger partial charge in [0.15, 0.2) is 9.84 Å². The molecule has 1 saturated heterocycles. The van der Waals surface area contributed by atoms with E-state index < -0.39 is 22.0 Å². The van der Waals surface area contributed by atoms with Crippen molar-refractivity contribution < 1.29 is 23.4 Å². The molecule has 1 fully saturated rings. The minimum absolute atomic E-state index is 0.187. The zero-order valence-corrected chi connectivity index (χ0v) is 10.9. The molecule has 1 heterocycles. The van der Waals surface area contributed by atoms with Crippen molar-refractivity contribution in [2.24, 2.45) is 0 Å². The number of sulfone groups is 1. The lowest BCUT2D eigenvalue weighted by atomic mass is 10.1. The van der Waals surface area contributed by atoms with Gasteiger partial charge < -0.3 is 14.9 Å². The van der Waals surface area contributed by atoms with Gasteiger partial charge >= 0.3 is 0 Å². The Labute approximate surface area is 106 Å². The molecular weight excluding hydrogens is 256 g/mol. The molecule has 0 saturated carbocycles. The largest absolute Gasteiger partial charge is 0.486 e. The number of aliphatic hydroxyl groups excluding tert-OH is 2. The van der Waals surface area contributed by atoms with Gasteiger partial charge in [-0.3, -0.25) is 0 Å². The Morgan fingerprint density at radius 3 is 2.67 bits per heavy atom. The van der Waals surface area contributed by atoms with Crippen LogP contribution in [0.25, 0.3) is 0 Å². The van der Waals surface area contributed by atoms with Crippen LogP contribution in [0.5, 0.6) is 5.75 Å². The highest BCUT2D eigenvalue weighted by Gasteiger charge is 2.38. The Morgan fingerprint density at radius 2 is 2.11 bits per heavy atom. The smallest absolute Gasteiger partial charge is 0.156 e. The van der Waals surface area contributed by atoms with Crippen LogP contribution in [0.4, 0.5) is 0 Å². The molecule has 2 rings (SSSR count). The second kappa shape index (κ2) is 4.87. The summed E-state index contributed by atoms with van der Waals surface area (Å²) in [7, 11) is -3.23. The molecular formula is C12H16O5S. The number of ether oxygens (including phenoxy) is 1. The molecule has 100 valence electrons. The molecule has 0 radical (unpaired) electrons. The zero-order valence-electron chi connectivity index (χ0n) is 10.0. The van der Waals surface area contributed by atoms with Gasteiger partial charge in [0, 0.05) is 5.56 Å². The molecule has 5 nitrogen and oxygen atoms in total. The molecule has 1 aliphatic rings. The quantitative estimate of drug-likeness (QED) is 0.810. The standard InChI is InChI=1S/C12H16O5S/c1-8-3-2-4-9(5-13)12(8)17-11-7-18(15,16)6-10(11)14/h2-4,10-11,13-14H,5-7H2,1H3. The molecule has 0 aromatic heterocycles. The van der Waals surface area contributed by atoms with Crippen molar-refractivity contribution in [1.82, 2.24) is 0 Å². The second-order valence-corrected chi connectivity index (χ2v) is 6.68. The van der Waals surface area contributed by atoms with Crippen LogP contribution in [-0.4, -0.2) is 42.3 Å². The molecule has 0 amide bonds. The maximum absolute atomic E-state index is 11.4. The minimum atomic E-state index is -3.23. The Kier molecular flexibility index (Phi) is 3.61. The Bertz CT molecular complexity index is 537. The van der Waals surface area contributed by atoms with Crippen molar-refractivity contribution in [1.29, 1.82) is 0 Å². The van der Waals surface area contributed by atoms with Gasteiger partial charge in [-0.25, -0.2) is 8.42 Å². The lowest BCUT2D eigenvalue weighted by Gasteiger charge is -2.19. The summed E-state index contributed by atoms with van der Waals surface area (Å²) in [6, 6.07) is 5.30. The number of para-hydroxylation sites is 1. The third-order valence-electron chi connectivity index (χ3n) is 3.01. The van der Waals surface area contributed by atoms with E-state index in [1.165, 1.54) is 0 Å². The van der Waals surface area contributed by atoms with Gasteiger partial charge in [-0.1, -0.05) is 18.2 Å². The SMILES string of the molecule is Cc1cccc(CO)c1OC1CS(=O)(=O)CC1O. The second-order valence-electron chi connectivity index (χ2n) is 4.52. The fraction of sp³-hybridized carbons (Fsp3) is 0.500. The van der Waals surface area contributed by atoms with Gasteiger partial charge in [-0.05, 0) is 12.5 Å². The summed E-state index contributed by atoms with van der Waals surface area (Å²) in [6.07, 6.45) is -1.78. The average Bonchev–Trinajstić information content (AvgIpc) is 2.54. The van der Waals surface area contributed by atoms with Crippen LogP contribution in [0, 0.1) is 6.92 Å². The molecule has 2 atom stereocenters. The lowest BCUT2D eigenvalue weighted by Crippen LogP contribution is -2.30. The summed E-state index contributed by atoms with van der Waals surface area (Å²) in [5.41, 5.74) is 1.39. The summed E-state index contributed by atoms with van der Waals surface area (Å²) in [4.78, 5) is 0. The first-order chi connectivity index (χ1) is 8.43. The van der Waals surface area contributed by atoms with Crippen LogP contribution in [0.2, 0.25) is 0 Å². The highest BCUT2D eigenvalue weighted by atomic mass is 32.2. The molecule has 6 heteroatoms. The number of aryl methyl sites for hydroxylation is 1. The van der Waals surface area contributed by atoms with Gasteiger partial charge in [0.1, 0.15) is 18.0 Å². The summed E-state index contributed by atoms with van der Waals surface area (Å²) < 4.78 is 28.4. The van der Waals surface area contributed by atoms with Crippen molar-refractivity contribution in [2.75, 3.05) is 11.5 Å². The van der Waals surface area contributed by atoms with E-state index in [2.05, 4.69) is 0 Å². The average molecular weight is 272 g/mol. The van der Waals surface area contributed by atoms with Crippen LogP contribution in [0.3, 0.4) is 0 Å². The highest BCUT2D eigenvalue weighted by molar-refractivity contribution is 7.91. The van der Waals surface area contributed by atoms with Gasteiger partial charge in [-0.15, -0.1) is 0 Å². The van der Waals surface area contributed by atoms with E-state index in [0.717, 1.165) is 5.56 Å². The number of hydrogen-bond acceptors (Lipinski definition) is 5. The fourth-order valence-electron chi connectivity index (χ4n) is 2.07. The molecule has 0 spiro atoms. The van der Waals surface area contributed by atoms with E-state index in [0.29, 0.717) is 11.3 Å². The number of benzene rings is 1. The third-order valence-corrected chi connectivity index (χ3v) is 4.69. The van der Waals surface area contributed by atoms with Gasteiger partial charge in [0.05, 0.1) is 18.1 Å². The first-order valence-corrected chi connectivity index (χ1v) is 7.49. The number of hydrogen-bond donors (Lipinski definition) is 2. The van der Waals surface area contributed by atoms with Crippen LogP contribution in [-0.2, 0) is 16.4 Å². The minimum Gasteiger partial charge on any atom is -0.486 e. The van der Waals surface area contributed by atoms with Crippen molar-refractivity contribution in [3.63, 3.8) is 0 Å². The zero-order chi connectivity index (χ0) is 13.3. The van der Waals surface area contributed by atoms with Crippen molar-refractivity contribution >= 4 is 9.84 Å². The van der Waals surface area contributed by atoms with Crippen molar-refractivity contribution in [3.8, 4) is 5.75 Å². The number of rotatable bonds is 3. The molecule has 0 bridgehead atoms. The summed E-state index contributed by atoms with van der Waals surface area (Å²) in [5, 5.41) is 18.9. The molecule has 1 aromatic rings. The van der Waals surface area contributed by atoms with E-state index in [-0.39, 0.29) is 18.1 Å². The van der Waals surface area contributed by atoms with E-state index in [9.17, 15) is 18.6 Å². The Morgan fingerprint density at radius 1 is 1.39 bits per heavy atom. The Hall–Kier alpha value is -1.11. The predicted octanol–water partition coefficient (Wildman–Crippen LogP) is 0.0240. The topological polar surface area (TPSA) is 83.8 Å². The molecule has 1 aliphatic heterocycles. The fourth-order valence-corrected chi connectivity index (χ4v) is 3.73. The van der Waals surface area contributed by atoms with Crippen LogP contribution in [0.1, 0.15) is 11.1 Å². The lowest BCUT2D eigenvalue weighted by molar-refractivity contribution is 0.0716. The monoisotopic (exact) mass is 272 g/mol. The third kappa shape index (κ3) is 2.66. The molecule has 2 N–H and O–H groups in total. The highest BCUT2D eigenvalue weighted by Crippen LogP contribution is 2.27. The van der Waals surface area contributed by atoms with Crippen LogP contribution < -0.4 is 4.74 Å². The normalized spacial score (nSPS) is 26.2. The van der Waals surface area contributed by atoms with Gasteiger partial charge in [0.25, 0.3) is 0 Å². The molecule has 1 aromatic carbocycles. The summed E-state index contributed by atoms with van der Waals surface area (Å²) in [5.74, 6) is 0.00640. The van der Waals surface area contributed by atoms with Crippen molar-refractivity contribution in [2.45, 2.75) is 25.7 Å². The van der Waals surface area contributed by atoms with Crippen LogP contribution >= 0.6 is 0 Å². The molecule has 18 heavy (non-hydrogen) atoms. The molecule has 0 aliphatic carbocycles. The van der Waals surface area contributed by atoms with E-state index in [1.54, 1.807) is 12.1 Å². The summed E-state index contributed by atoms with van der Waals surface area (Å²) in [6.45, 7) is 1.62. The predicted molar refractivity (Wildman–Crippen MR) is 66.2 cm³/mol. The van der Waals surface area contributed by atoms with E-state index >= 15 is 0 Å². The van der Waals surface area contributed by atoms with Crippen LogP contribution in [0.15, 0.2) is 18.2 Å². The first kappa shape index (κ1) is 13.3. The Balaban J connectivity index is 2.25. The van der Waals surface area contributed by atoms with E-state index in [4.69, 9.17) is 4.74 Å².